The van der Waals surface area contributed by atoms with E-state index >= 15 is 0 Å². The van der Waals surface area contributed by atoms with Gasteiger partial charge in [0.05, 0.1) is 10.0 Å². The zero-order valence-corrected chi connectivity index (χ0v) is 10.2. The molecule has 2 rings (SSSR count). The number of nitrogen functional groups attached to an aromatic ring is 1. The normalized spacial score (nSPS) is 10.4. The third kappa shape index (κ3) is 2.13. The number of anilines is 1. The van der Waals surface area contributed by atoms with Crippen LogP contribution in [0.2, 0.25) is 10.0 Å². The highest BCUT2D eigenvalue weighted by Gasteiger charge is 2.04. The van der Waals surface area contributed by atoms with Gasteiger partial charge < -0.3 is 5.73 Å². The minimum absolute atomic E-state index is 0.536. The smallest absolute Gasteiger partial charge is 0.126 e. The van der Waals surface area contributed by atoms with E-state index in [4.69, 9.17) is 28.9 Å². The quantitative estimate of drug-likeness (QED) is 0.835. The Labute approximate surface area is 104 Å². The Hall–Kier alpha value is -1.25. The van der Waals surface area contributed by atoms with Crippen molar-refractivity contribution >= 4 is 29.0 Å². The van der Waals surface area contributed by atoms with E-state index in [2.05, 4.69) is 4.98 Å². The fourth-order valence-corrected chi connectivity index (χ4v) is 1.72. The third-order valence-electron chi connectivity index (χ3n) is 2.37. The molecule has 82 valence electrons. The van der Waals surface area contributed by atoms with E-state index in [1.54, 1.807) is 12.3 Å². The lowest BCUT2D eigenvalue weighted by Crippen LogP contribution is -1.93. The van der Waals surface area contributed by atoms with Gasteiger partial charge in [-0.05, 0) is 36.2 Å². The van der Waals surface area contributed by atoms with E-state index in [1.807, 2.05) is 25.1 Å². The van der Waals surface area contributed by atoms with E-state index < -0.39 is 0 Å². The average molecular weight is 253 g/mol. The molecule has 1 aromatic carbocycles. The zero-order valence-electron chi connectivity index (χ0n) is 8.67. The van der Waals surface area contributed by atoms with E-state index in [1.165, 1.54) is 0 Å². The molecule has 2 aromatic rings. The second-order valence-corrected chi connectivity index (χ2v) is 4.37. The van der Waals surface area contributed by atoms with Gasteiger partial charge in [0, 0.05) is 11.8 Å². The Bertz CT molecular complexity index is 489. The summed E-state index contributed by atoms with van der Waals surface area (Å²) in [6, 6.07) is 7.46. The summed E-state index contributed by atoms with van der Waals surface area (Å²) in [5.74, 6) is 0.545. The number of hydrogen-bond donors (Lipinski definition) is 1. The van der Waals surface area contributed by atoms with Crippen LogP contribution in [0.5, 0.6) is 0 Å². The van der Waals surface area contributed by atoms with E-state index in [0.717, 1.165) is 16.7 Å². The molecule has 0 aliphatic rings. The Balaban J connectivity index is 2.50. The second kappa shape index (κ2) is 4.32. The standard InChI is InChI=1S/C12H10Cl2N2/c1-7-4-9(6-16-12(7)15)8-2-3-10(13)11(14)5-8/h2-6H,1H3,(H2,15,16). The summed E-state index contributed by atoms with van der Waals surface area (Å²) in [4.78, 5) is 4.11. The summed E-state index contributed by atoms with van der Waals surface area (Å²) in [6.45, 7) is 1.92. The van der Waals surface area contributed by atoms with Gasteiger partial charge in [0.2, 0.25) is 0 Å². The summed E-state index contributed by atoms with van der Waals surface area (Å²) >= 11 is 11.8. The first kappa shape index (κ1) is 11.2. The molecule has 0 spiro atoms. The molecule has 0 atom stereocenters. The van der Waals surface area contributed by atoms with Crippen LogP contribution in [-0.4, -0.2) is 4.98 Å². The van der Waals surface area contributed by atoms with Gasteiger partial charge >= 0.3 is 0 Å². The second-order valence-electron chi connectivity index (χ2n) is 3.56. The number of aryl methyl sites for hydroxylation is 1. The molecule has 16 heavy (non-hydrogen) atoms. The minimum Gasteiger partial charge on any atom is -0.383 e. The predicted molar refractivity (Wildman–Crippen MR) is 68.8 cm³/mol. The lowest BCUT2D eigenvalue weighted by Gasteiger charge is -2.05. The monoisotopic (exact) mass is 252 g/mol. The first-order valence-corrected chi connectivity index (χ1v) is 5.51. The maximum Gasteiger partial charge on any atom is 0.126 e. The fourth-order valence-electron chi connectivity index (χ4n) is 1.42. The van der Waals surface area contributed by atoms with Gasteiger partial charge in [-0.15, -0.1) is 0 Å². The van der Waals surface area contributed by atoms with Gasteiger partial charge in [0.15, 0.2) is 0 Å². The first-order valence-electron chi connectivity index (χ1n) is 4.75. The Morgan fingerprint density at radius 3 is 2.44 bits per heavy atom. The molecule has 0 fully saturated rings. The lowest BCUT2D eigenvalue weighted by atomic mass is 10.1. The third-order valence-corrected chi connectivity index (χ3v) is 3.11. The molecular formula is C12H10Cl2N2. The van der Waals surface area contributed by atoms with Crippen LogP contribution in [0.4, 0.5) is 5.82 Å². The van der Waals surface area contributed by atoms with Crippen molar-refractivity contribution in [3.8, 4) is 11.1 Å². The van der Waals surface area contributed by atoms with Crippen LogP contribution in [0.1, 0.15) is 5.56 Å². The summed E-state index contributed by atoms with van der Waals surface area (Å²) < 4.78 is 0. The predicted octanol–water partition coefficient (Wildman–Crippen LogP) is 3.95. The number of nitrogens with two attached hydrogens (primary N) is 1. The molecule has 0 radical (unpaired) electrons. The lowest BCUT2D eigenvalue weighted by molar-refractivity contribution is 1.28. The van der Waals surface area contributed by atoms with Crippen LogP contribution in [0.15, 0.2) is 30.5 Å². The SMILES string of the molecule is Cc1cc(-c2ccc(Cl)c(Cl)c2)cnc1N. The molecular weight excluding hydrogens is 243 g/mol. The molecule has 0 amide bonds. The topological polar surface area (TPSA) is 38.9 Å². The molecule has 0 saturated heterocycles. The number of benzene rings is 1. The van der Waals surface area contributed by atoms with Crippen LogP contribution in [0.25, 0.3) is 11.1 Å². The van der Waals surface area contributed by atoms with Gasteiger partial charge in [0.1, 0.15) is 5.82 Å². The molecule has 2 N–H and O–H groups in total. The fraction of sp³-hybridized carbons (Fsp3) is 0.0833. The van der Waals surface area contributed by atoms with Crippen molar-refractivity contribution in [3.05, 3.63) is 46.1 Å². The van der Waals surface area contributed by atoms with Gasteiger partial charge in [-0.2, -0.15) is 0 Å². The molecule has 1 heterocycles. The molecule has 0 aliphatic heterocycles. The molecule has 4 heteroatoms. The largest absolute Gasteiger partial charge is 0.383 e. The molecule has 0 aliphatic carbocycles. The van der Waals surface area contributed by atoms with Gasteiger partial charge in [-0.1, -0.05) is 29.3 Å². The highest BCUT2D eigenvalue weighted by atomic mass is 35.5. The first-order chi connectivity index (χ1) is 7.58. The minimum atomic E-state index is 0.536. The van der Waals surface area contributed by atoms with Crippen molar-refractivity contribution in [2.45, 2.75) is 6.92 Å². The molecule has 1 aromatic heterocycles. The zero-order chi connectivity index (χ0) is 11.7. The molecule has 0 bridgehead atoms. The van der Waals surface area contributed by atoms with Crippen molar-refractivity contribution in [2.75, 3.05) is 5.73 Å². The average Bonchev–Trinajstić information content (AvgIpc) is 2.26. The Morgan fingerprint density at radius 2 is 1.81 bits per heavy atom. The molecule has 0 unspecified atom stereocenters. The van der Waals surface area contributed by atoms with Gasteiger partial charge in [0.25, 0.3) is 0 Å². The van der Waals surface area contributed by atoms with Crippen molar-refractivity contribution in [2.24, 2.45) is 0 Å². The van der Waals surface area contributed by atoms with Crippen LogP contribution in [0.3, 0.4) is 0 Å². The van der Waals surface area contributed by atoms with Crippen molar-refractivity contribution in [1.82, 2.24) is 4.98 Å². The Morgan fingerprint density at radius 1 is 1.06 bits per heavy atom. The van der Waals surface area contributed by atoms with Crippen molar-refractivity contribution < 1.29 is 0 Å². The summed E-state index contributed by atoms with van der Waals surface area (Å²) in [6.07, 6.45) is 1.72. The van der Waals surface area contributed by atoms with Crippen LogP contribution in [-0.2, 0) is 0 Å². The van der Waals surface area contributed by atoms with Crippen molar-refractivity contribution in [3.63, 3.8) is 0 Å². The number of pyridine rings is 1. The van der Waals surface area contributed by atoms with Crippen molar-refractivity contribution in [1.29, 1.82) is 0 Å². The Kier molecular flexibility index (Phi) is 3.03. The van der Waals surface area contributed by atoms with E-state index in [-0.39, 0.29) is 0 Å². The number of halogens is 2. The highest BCUT2D eigenvalue weighted by Crippen LogP contribution is 2.29. The summed E-state index contributed by atoms with van der Waals surface area (Å²) in [7, 11) is 0. The van der Waals surface area contributed by atoms with Crippen LogP contribution >= 0.6 is 23.2 Å². The van der Waals surface area contributed by atoms with E-state index in [0.29, 0.717) is 15.9 Å². The number of aromatic nitrogens is 1. The van der Waals surface area contributed by atoms with Crippen LogP contribution in [0, 0.1) is 6.92 Å². The van der Waals surface area contributed by atoms with Gasteiger partial charge in [-0.3, -0.25) is 0 Å². The summed E-state index contributed by atoms with van der Waals surface area (Å²) in [5, 5.41) is 1.08. The maximum absolute atomic E-state index is 5.96. The highest BCUT2D eigenvalue weighted by molar-refractivity contribution is 6.42. The van der Waals surface area contributed by atoms with Crippen LogP contribution < -0.4 is 5.73 Å². The van der Waals surface area contributed by atoms with Gasteiger partial charge in [-0.25, -0.2) is 4.98 Å². The number of nitrogens with zero attached hydrogens (tertiary/aromatic N) is 1. The molecule has 2 nitrogen and oxygen atoms in total. The number of rotatable bonds is 1. The summed E-state index contributed by atoms with van der Waals surface area (Å²) in [5.41, 5.74) is 8.56. The van der Waals surface area contributed by atoms with E-state index in [9.17, 15) is 0 Å². The maximum atomic E-state index is 5.96. The molecule has 0 saturated carbocycles. The number of hydrogen-bond acceptors (Lipinski definition) is 2.